The van der Waals surface area contributed by atoms with Gasteiger partial charge in [-0.25, -0.2) is 0 Å². The second-order valence-electron chi connectivity index (χ2n) is 3.79. The van der Waals surface area contributed by atoms with E-state index in [2.05, 4.69) is 14.9 Å². The van der Waals surface area contributed by atoms with Gasteiger partial charge in [-0.15, -0.1) is 10.1 Å². The van der Waals surface area contributed by atoms with Gasteiger partial charge in [-0.1, -0.05) is 17.2 Å². The van der Waals surface area contributed by atoms with Crippen molar-refractivity contribution in [1.29, 1.82) is 0 Å². The Morgan fingerprint density at radius 2 is 2.25 bits per heavy atom. The van der Waals surface area contributed by atoms with Gasteiger partial charge in [-0.2, -0.15) is 0 Å². The molecule has 0 aliphatic heterocycles. The van der Waals surface area contributed by atoms with E-state index in [4.69, 9.17) is 10.3 Å². The van der Waals surface area contributed by atoms with Gasteiger partial charge in [0.15, 0.2) is 0 Å². The normalized spacial score (nSPS) is 12.7. The number of ketones is 1. The lowest BCUT2D eigenvalue weighted by atomic mass is 10.00. The highest BCUT2D eigenvalue weighted by molar-refractivity contribution is 5.82. The van der Waals surface area contributed by atoms with Crippen LogP contribution in [0.5, 0.6) is 5.75 Å². The molecule has 1 aromatic rings. The number of hydrogen-bond acceptors (Lipinski definition) is 6. The largest absolute Gasteiger partial charge is 0.497 e. The van der Waals surface area contributed by atoms with Gasteiger partial charge in [0.1, 0.15) is 23.7 Å². The number of benzene rings is 1. The van der Waals surface area contributed by atoms with Crippen LogP contribution in [0.15, 0.2) is 29.4 Å². The molecule has 1 aromatic carbocycles. The first-order chi connectivity index (χ1) is 9.49. The Kier molecular flexibility index (Phi) is 5.31. The molecule has 2 unspecified atom stereocenters. The fraction of sp³-hybridized carbons (Fsp3) is 0.364. The number of carbonyl (C=O) groups excluding carboxylic acids is 1. The highest BCUT2D eigenvalue weighted by Gasteiger charge is 2.30. The van der Waals surface area contributed by atoms with Crippen molar-refractivity contribution in [3.05, 3.63) is 50.4 Å². The summed E-state index contributed by atoms with van der Waals surface area (Å²) in [6.07, 6.45) is -1.33. The molecule has 0 heterocycles. The first-order valence-corrected chi connectivity index (χ1v) is 5.49. The highest BCUT2D eigenvalue weighted by atomic mass is 17.0. The Morgan fingerprint density at radius 3 is 2.75 bits per heavy atom. The first kappa shape index (κ1) is 15.3. The minimum Gasteiger partial charge on any atom is -0.497 e. The summed E-state index contributed by atoms with van der Waals surface area (Å²) in [7, 11) is 1.43. The van der Waals surface area contributed by atoms with Crippen LogP contribution in [0.2, 0.25) is 0 Å². The van der Waals surface area contributed by atoms with Crippen molar-refractivity contribution in [2.45, 2.75) is 19.1 Å². The van der Waals surface area contributed by atoms with E-state index in [1.807, 2.05) is 0 Å². The van der Waals surface area contributed by atoms with E-state index in [-0.39, 0.29) is 0 Å². The maximum atomic E-state index is 11.5. The molecule has 9 heteroatoms. The molecule has 0 fully saturated rings. The van der Waals surface area contributed by atoms with Crippen LogP contribution in [0.1, 0.15) is 18.6 Å². The van der Waals surface area contributed by atoms with Crippen molar-refractivity contribution < 1.29 is 19.5 Å². The maximum Gasteiger partial charge on any atom is 0.295 e. The summed E-state index contributed by atoms with van der Waals surface area (Å²) in [5.41, 5.74) is 8.77. The molecule has 0 N–H and O–H groups in total. The molecule has 0 bridgehead atoms. The van der Waals surface area contributed by atoms with Gasteiger partial charge in [0.05, 0.1) is 7.11 Å². The summed E-state index contributed by atoms with van der Waals surface area (Å²) < 4.78 is 5.00. The summed E-state index contributed by atoms with van der Waals surface area (Å²) in [6.45, 7) is 1.16. The second kappa shape index (κ2) is 6.95. The average Bonchev–Trinajstić information content (AvgIpc) is 2.42. The SMILES string of the molecule is COc1cccc(C(O[N+](=O)[O-])C(N=[N+]=[N-])C(C)=O)c1. The molecule has 9 nitrogen and oxygen atoms in total. The van der Waals surface area contributed by atoms with Crippen molar-refractivity contribution in [1.82, 2.24) is 0 Å². The van der Waals surface area contributed by atoms with Crippen LogP contribution in [0.25, 0.3) is 10.4 Å². The molecular weight excluding hydrogens is 268 g/mol. The van der Waals surface area contributed by atoms with E-state index in [0.29, 0.717) is 11.3 Å². The number of rotatable bonds is 7. The number of Topliss-reactive ketones (excluding diaryl/α,β-unsaturated/α-hetero) is 1. The Balaban J connectivity index is 3.25. The molecule has 106 valence electrons. The fourth-order valence-corrected chi connectivity index (χ4v) is 1.62. The Morgan fingerprint density at radius 1 is 1.55 bits per heavy atom. The van der Waals surface area contributed by atoms with Crippen LogP contribution in [0, 0.1) is 10.1 Å². The zero-order valence-corrected chi connectivity index (χ0v) is 10.8. The summed E-state index contributed by atoms with van der Waals surface area (Å²) in [5, 5.41) is 12.8. The van der Waals surface area contributed by atoms with Crippen LogP contribution in [-0.2, 0) is 9.63 Å². The van der Waals surface area contributed by atoms with Crippen molar-refractivity contribution in [3.8, 4) is 5.75 Å². The lowest BCUT2D eigenvalue weighted by Gasteiger charge is -2.20. The van der Waals surface area contributed by atoms with Crippen molar-refractivity contribution in [3.63, 3.8) is 0 Å². The third-order valence-corrected chi connectivity index (χ3v) is 2.50. The third-order valence-electron chi connectivity index (χ3n) is 2.50. The van der Waals surface area contributed by atoms with E-state index < -0.39 is 23.0 Å². The number of carbonyl (C=O) groups is 1. The van der Waals surface area contributed by atoms with Crippen LogP contribution < -0.4 is 4.74 Å². The number of azide groups is 1. The maximum absolute atomic E-state index is 11.5. The van der Waals surface area contributed by atoms with Gasteiger partial charge >= 0.3 is 0 Å². The molecule has 0 aromatic heterocycles. The van der Waals surface area contributed by atoms with Crippen LogP contribution in [-0.4, -0.2) is 24.0 Å². The zero-order valence-electron chi connectivity index (χ0n) is 10.8. The van der Waals surface area contributed by atoms with Crippen LogP contribution in [0.3, 0.4) is 0 Å². The summed E-state index contributed by atoms with van der Waals surface area (Å²) in [4.78, 5) is 29.1. The average molecular weight is 280 g/mol. The summed E-state index contributed by atoms with van der Waals surface area (Å²) >= 11 is 0. The summed E-state index contributed by atoms with van der Waals surface area (Å²) in [6, 6.07) is 4.86. The predicted octanol–water partition coefficient (Wildman–Crippen LogP) is 2.21. The van der Waals surface area contributed by atoms with Gasteiger partial charge < -0.3 is 9.57 Å². The number of methoxy groups -OCH3 is 1. The standard InChI is InChI=1S/C11H12N4O5/c1-7(16)10(13-14-12)11(20-15(17)18)8-4-3-5-9(6-8)19-2/h3-6,10-11H,1-2H3. The number of hydrogen-bond donors (Lipinski definition) is 0. The summed E-state index contributed by atoms with van der Waals surface area (Å²) in [5.74, 6) is -0.111. The lowest BCUT2D eigenvalue weighted by Crippen LogP contribution is -2.28. The smallest absolute Gasteiger partial charge is 0.295 e. The highest BCUT2D eigenvalue weighted by Crippen LogP contribution is 2.27. The molecular formula is C11H12N4O5. The molecule has 1 rings (SSSR count). The number of ether oxygens (including phenoxy) is 1. The monoisotopic (exact) mass is 280 g/mol. The number of nitrogens with zero attached hydrogens (tertiary/aromatic N) is 4. The Bertz CT molecular complexity index is 553. The van der Waals surface area contributed by atoms with Gasteiger partial charge in [0.25, 0.3) is 5.09 Å². The van der Waals surface area contributed by atoms with E-state index in [1.54, 1.807) is 12.1 Å². The van der Waals surface area contributed by atoms with Gasteiger partial charge in [-0.05, 0) is 30.2 Å². The molecule has 0 aliphatic rings. The topological polar surface area (TPSA) is 127 Å². The predicted molar refractivity (Wildman–Crippen MR) is 67.4 cm³/mol. The molecule has 0 radical (unpaired) electrons. The Labute approximate surface area is 113 Å². The van der Waals surface area contributed by atoms with E-state index in [9.17, 15) is 14.9 Å². The second-order valence-corrected chi connectivity index (χ2v) is 3.79. The molecule has 20 heavy (non-hydrogen) atoms. The van der Waals surface area contributed by atoms with Crippen molar-refractivity contribution in [2.24, 2.45) is 5.11 Å². The van der Waals surface area contributed by atoms with Crippen LogP contribution in [0.4, 0.5) is 0 Å². The minimum absolute atomic E-state index is 0.300. The molecule has 0 saturated heterocycles. The molecule has 0 saturated carbocycles. The molecule has 0 aliphatic carbocycles. The van der Waals surface area contributed by atoms with Gasteiger partial charge in [0, 0.05) is 4.91 Å². The molecule has 0 spiro atoms. The van der Waals surface area contributed by atoms with E-state index in [1.165, 1.54) is 19.2 Å². The quantitative estimate of drug-likeness (QED) is 0.248. The third kappa shape index (κ3) is 3.85. The lowest BCUT2D eigenvalue weighted by molar-refractivity contribution is -0.771. The van der Waals surface area contributed by atoms with E-state index in [0.717, 1.165) is 6.92 Å². The molecule has 2 atom stereocenters. The molecule has 0 amide bonds. The zero-order chi connectivity index (χ0) is 15.1. The van der Waals surface area contributed by atoms with Crippen molar-refractivity contribution in [2.75, 3.05) is 7.11 Å². The van der Waals surface area contributed by atoms with E-state index >= 15 is 0 Å². The van der Waals surface area contributed by atoms with Gasteiger partial charge in [0.2, 0.25) is 0 Å². The Hall–Kier alpha value is -2.80. The minimum atomic E-state index is -1.34. The first-order valence-electron chi connectivity index (χ1n) is 5.49. The van der Waals surface area contributed by atoms with Crippen molar-refractivity contribution >= 4 is 5.78 Å². The van der Waals surface area contributed by atoms with Crippen LogP contribution >= 0.6 is 0 Å². The fourth-order valence-electron chi connectivity index (χ4n) is 1.62. The van der Waals surface area contributed by atoms with Gasteiger partial charge in [-0.3, -0.25) is 4.79 Å².